The molecule has 3 aromatic rings. The van der Waals surface area contributed by atoms with Crippen LogP contribution in [0.25, 0.3) is 0 Å². The van der Waals surface area contributed by atoms with Gasteiger partial charge in [-0.15, -0.1) is 0 Å². The van der Waals surface area contributed by atoms with Crippen molar-refractivity contribution < 1.29 is 18.8 Å². The number of hydrogen-bond donors (Lipinski definition) is 0. The van der Waals surface area contributed by atoms with Gasteiger partial charge in [0, 0.05) is 23.8 Å². The minimum absolute atomic E-state index is 0.0807. The van der Waals surface area contributed by atoms with Gasteiger partial charge in [0.05, 0.1) is 5.69 Å². The number of carbonyl (C=O) groups excluding carboxylic acids is 2. The van der Waals surface area contributed by atoms with Crippen molar-refractivity contribution >= 4 is 20.3 Å². The maximum Gasteiger partial charge on any atom is 0.435 e. The first-order valence-electron chi connectivity index (χ1n) is 14.4. The Morgan fingerprint density at radius 3 is 2.28 bits per heavy atom. The van der Waals surface area contributed by atoms with Crippen molar-refractivity contribution in [1.29, 1.82) is 0 Å². The number of aromatic nitrogens is 2. The minimum Gasteiger partial charge on any atom is -0.544 e. The van der Waals surface area contributed by atoms with E-state index < -0.39 is 14.4 Å². The van der Waals surface area contributed by atoms with Gasteiger partial charge >= 0.3 is 6.09 Å². The van der Waals surface area contributed by atoms with Gasteiger partial charge in [0.15, 0.2) is 0 Å². The minimum atomic E-state index is -1.76. The fraction of sp³-hybridized carbons (Fsp3) is 0.452. The van der Waals surface area contributed by atoms with Crippen LogP contribution in [-0.2, 0) is 24.2 Å². The van der Waals surface area contributed by atoms with Gasteiger partial charge in [-0.25, -0.2) is 4.79 Å². The third kappa shape index (κ3) is 6.11. The largest absolute Gasteiger partial charge is 0.544 e. The van der Waals surface area contributed by atoms with E-state index >= 15 is 0 Å². The highest BCUT2D eigenvalue weighted by molar-refractivity contribution is 6.74. The summed E-state index contributed by atoms with van der Waals surface area (Å²) in [6, 6.07) is 21.0. The Balaban J connectivity index is 1.25. The van der Waals surface area contributed by atoms with E-state index in [2.05, 4.69) is 30.8 Å². The fourth-order valence-corrected chi connectivity index (χ4v) is 8.18. The Morgan fingerprint density at radius 2 is 1.64 bits per heavy atom. The highest BCUT2D eigenvalue weighted by Gasteiger charge is 2.40. The van der Waals surface area contributed by atoms with Crippen LogP contribution in [0.3, 0.4) is 0 Å². The second-order valence-electron chi connectivity index (χ2n) is 10.8. The lowest BCUT2D eigenvalue weighted by atomic mass is 9.91. The van der Waals surface area contributed by atoms with E-state index in [0.29, 0.717) is 12.0 Å². The Morgan fingerprint density at radius 1 is 0.949 bits per heavy atom. The molecule has 0 aliphatic heterocycles. The van der Waals surface area contributed by atoms with Gasteiger partial charge in [0.25, 0.3) is 5.91 Å². The van der Waals surface area contributed by atoms with Crippen LogP contribution < -0.4 is 4.43 Å². The van der Waals surface area contributed by atoms with E-state index in [4.69, 9.17) is 9.16 Å². The third-order valence-corrected chi connectivity index (χ3v) is 12.9. The van der Waals surface area contributed by atoms with Crippen LogP contribution in [0.2, 0.25) is 18.1 Å². The summed E-state index contributed by atoms with van der Waals surface area (Å²) in [4.78, 5) is 28.5. The molecule has 2 aliphatic rings. The van der Waals surface area contributed by atoms with Crippen LogP contribution in [0, 0.1) is 0 Å². The molecule has 1 unspecified atom stereocenters. The van der Waals surface area contributed by atoms with Crippen molar-refractivity contribution in [3.05, 3.63) is 83.2 Å². The Hall–Kier alpha value is -3.39. The van der Waals surface area contributed by atoms with Crippen molar-refractivity contribution in [2.45, 2.75) is 89.7 Å². The molecule has 8 heteroatoms. The number of hydrogen-bond acceptors (Lipinski definition) is 5. The number of carbonyl (C=O) groups is 2. The topological polar surface area (TPSA) is 73.7 Å². The molecule has 1 amide bonds. The van der Waals surface area contributed by atoms with Crippen molar-refractivity contribution in [1.82, 2.24) is 14.7 Å². The lowest BCUT2D eigenvalue weighted by molar-refractivity contribution is 0.0642. The predicted molar refractivity (Wildman–Crippen MR) is 154 cm³/mol. The standard InChI is InChI=1S/C31H39N3O4Si/c1-4-39(5-2,6-3)38-28-17-12-24(13-18-28)30(35)34(26-14-15-26)27-16-19-29-25(20-27)21-33(32-29)31(36)37-22-23-10-8-7-9-11-23/h7-13,17-18,21,26-27H,4-6,14-16,19-20,22H2,1-3H3. The molecule has 1 saturated carbocycles. The van der Waals surface area contributed by atoms with E-state index in [1.807, 2.05) is 54.6 Å². The maximum atomic E-state index is 13.7. The molecule has 0 spiro atoms. The summed E-state index contributed by atoms with van der Waals surface area (Å²) < 4.78 is 13.3. The second kappa shape index (κ2) is 11.8. The van der Waals surface area contributed by atoms with E-state index in [-0.39, 0.29) is 24.6 Å². The summed E-state index contributed by atoms with van der Waals surface area (Å²) >= 11 is 0. The molecule has 1 heterocycles. The molecular weight excluding hydrogens is 506 g/mol. The van der Waals surface area contributed by atoms with E-state index in [1.165, 1.54) is 4.68 Å². The van der Waals surface area contributed by atoms with Gasteiger partial charge in [-0.2, -0.15) is 9.78 Å². The van der Waals surface area contributed by atoms with Crippen molar-refractivity contribution in [3.8, 4) is 5.75 Å². The van der Waals surface area contributed by atoms with E-state index in [9.17, 15) is 9.59 Å². The molecule has 1 fully saturated rings. The highest BCUT2D eigenvalue weighted by Crippen LogP contribution is 2.35. The van der Waals surface area contributed by atoms with Gasteiger partial charge in [-0.05, 0) is 85.6 Å². The second-order valence-corrected chi connectivity index (χ2v) is 15.5. The average molecular weight is 546 g/mol. The third-order valence-electron chi connectivity index (χ3n) is 8.38. The molecule has 0 radical (unpaired) electrons. The summed E-state index contributed by atoms with van der Waals surface area (Å²) in [5, 5.41) is 4.51. The van der Waals surface area contributed by atoms with Crippen LogP contribution in [0.15, 0.2) is 60.8 Å². The first kappa shape index (κ1) is 27.2. The molecule has 2 aromatic carbocycles. The van der Waals surface area contributed by atoms with Gasteiger partial charge in [0.2, 0.25) is 8.32 Å². The highest BCUT2D eigenvalue weighted by atomic mass is 28.4. The van der Waals surface area contributed by atoms with Gasteiger partial charge in [-0.3, -0.25) is 4.79 Å². The SMILES string of the molecule is CC[Si](CC)(CC)Oc1ccc(C(=O)N(C2CC2)C2CCc3nn(C(=O)OCc4ccccc4)cc3C2)cc1. The van der Waals surface area contributed by atoms with Crippen molar-refractivity contribution in [2.24, 2.45) is 0 Å². The molecule has 206 valence electrons. The normalized spacial score (nSPS) is 16.8. The van der Waals surface area contributed by atoms with Crippen molar-refractivity contribution in [3.63, 3.8) is 0 Å². The van der Waals surface area contributed by atoms with Crippen LogP contribution in [0.1, 0.15) is 67.2 Å². The van der Waals surface area contributed by atoms with Crippen LogP contribution in [0.4, 0.5) is 4.79 Å². The van der Waals surface area contributed by atoms with Gasteiger partial charge in [-0.1, -0.05) is 51.1 Å². The average Bonchev–Trinajstić information content (AvgIpc) is 3.72. The molecule has 0 N–H and O–H groups in total. The fourth-order valence-electron chi connectivity index (χ4n) is 5.62. The first-order chi connectivity index (χ1) is 18.9. The maximum absolute atomic E-state index is 13.7. The van der Waals surface area contributed by atoms with Crippen LogP contribution >= 0.6 is 0 Å². The number of ether oxygens (including phenoxy) is 1. The molecule has 5 rings (SSSR count). The lowest BCUT2D eigenvalue weighted by Crippen LogP contribution is -2.44. The number of fused-ring (bicyclic) bond motifs is 1. The Kier molecular flexibility index (Phi) is 8.21. The van der Waals surface area contributed by atoms with Crippen LogP contribution in [0.5, 0.6) is 5.75 Å². The lowest BCUT2D eigenvalue weighted by Gasteiger charge is -2.34. The van der Waals surface area contributed by atoms with Crippen molar-refractivity contribution in [2.75, 3.05) is 0 Å². The molecule has 0 bridgehead atoms. The zero-order chi connectivity index (χ0) is 27.4. The summed E-state index contributed by atoms with van der Waals surface area (Å²) in [5.74, 6) is 0.952. The Labute approximate surface area is 232 Å². The number of rotatable bonds is 10. The predicted octanol–water partition coefficient (Wildman–Crippen LogP) is 6.61. The summed E-state index contributed by atoms with van der Waals surface area (Å²) in [5.41, 5.74) is 3.58. The number of nitrogens with zero attached hydrogens (tertiary/aromatic N) is 3. The molecule has 1 atom stereocenters. The zero-order valence-electron chi connectivity index (χ0n) is 23.3. The first-order valence-corrected chi connectivity index (χ1v) is 16.9. The summed E-state index contributed by atoms with van der Waals surface area (Å²) in [6.07, 6.45) is 5.65. The molecule has 1 aromatic heterocycles. The van der Waals surface area contributed by atoms with E-state index in [0.717, 1.165) is 66.4 Å². The van der Waals surface area contributed by atoms with Gasteiger partial charge in [0.1, 0.15) is 12.4 Å². The van der Waals surface area contributed by atoms with Crippen LogP contribution in [-0.4, -0.2) is 47.1 Å². The molecule has 2 aliphatic carbocycles. The number of amides is 1. The molecule has 39 heavy (non-hydrogen) atoms. The monoisotopic (exact) mass is 545 g/mol. The molecule has 0 saturated heterocycles. The Bertz CT molecular complexity index is 1270. The zero-order valence-corrected chi connectivity index (χ0v) is 24.3. The summed E-state index contributed by atoms with van der Waals surface area (Å²) in [7, 11) is -1.76. The summed E-state index contributed by atoms with van der Waals surface area (Å²) in [6.45, 7) is 6.87. The number of aryl methyl sites for hydroxylation is 1. The smallest absolute Gasteiger partial charge is 0.435 e. The number of benzene rings is 2. The molecule has 7 nitrogen and oxygen atoms in total. The molecular formula is C31H39N3O4Si. The quantitative estimate of drug-likeness (QED) is 0.268. The van der Waals surface area contributed by atoms with E-state index in [1.54, 1.807) is 6.20 Å². The van der Waals surface area contributed by atoms with Gasteiger partial charge < -0.3 is 14.1 Å².